The first-order valence-electron chi connectivity index (χ1n) is 9.91. The molecule has 1 heterocycles. The van der Waals surface area contributed by atoms with Crippen molar-refractivity contribution in [1.82, 2.24) is 9.78 Å². The van der Waals surface area contributed by atoms with Crippen LogP contribution in [0.15, 0.2) is 97.2 Å². The number of hydrogen-bond donors (Lipinski definition) is 1. The minimum absolute atomic E-state index is 0.124. The number of ketones is 1. The monoisotopic (exact) mass is 407 g/mol. The molecular weight excluding hydrogens is 386 g/mol. The van der Waals surface area contributed by atoms with Gasteiger partial charge in [0.25, 0.3) is 0 Å². The standard InChI is InChI=1S/C26H21N3O2/c1-19(30)27-23-15-12-20(13-16-23)25(31)17-14-22-18-29(24-10-6-3-7-11-24)28-26(22)21-8-4-2-5-9-21/h2-18H,1H3,(H,27,30)/b17-14+. The molecule has 0 aliphatic rings. The summed E-state index contributed by atoms with van der Waals surface area (Å²) >= 11 is 0. The van der Waals surface area contributed by atoms with Crippen molar-refractivity contribution >= 4 is 23.5 Å². The summed E-state index contributed by atoms with van der Waals surface area (Å²) < 4.78 is 1.81. The Hall–Kier alpha value is -4.25. The lowest BCUT2D eigenvalue weighted by Crippen LogP contribution is -2.05. The Morgan fingerprint density at radius 3 is 2.16 bits per heavy atom. The molecule has 0 saturated carbocycles. The van der Waals surface area contributed by atoms with Gasteiger partial charge in [-0.05, 0) is 48.6 Å². The van der Waals surface area contributed by atoms with Crippen LogP contribution in [0.1, 0.15) is 22.8 Å². The number of nitrogens with one attached hydrogen (secondary N) is 1. The third kappa shape index (κ3) is 4.85. The van der Waals surface area contributed by atoms with Gasteiger partial charge in [0.05, 0.1) is 11.4 Å². The highest BCUT2D eigenvalue weighted by molar-refractivity contribution is 6.07. The summed E-state index contributed by atoms with van der Waals surface area (Å²) in [6, 6.07) is 26.6. The summed E-state index contributed by atoms with van der Waals surface area (Å²) in [4.78, 5) is 23.8. The molecule has 1 N–H and O–H groups in total. The van der Waals surface area contributed by atoms with E-state index in [1.165, 1.54) is 6.92 Å². The number of anilines is 1. The van der Waals surface area contributed by atoms with Crippen molar-refractivity contribution in [3.05, 3.63) is 108 Å². The van der Waals surface area contributed by atoms with Gasteiger partial charge in [0.1, 0.15) is 0 Å². The van der Waals surface area contributed by atoms with Crippen LogP contribution < -0.4 is 5.32 Å². The molecule has 0 aliphatic carbocycles. The van der Waals surface area contributed by atoms with E-state index < -0.39 is 0 Å². The molecule has 0 atom stereocenters. The van der Waals surface area contributed by atoms with Gasteiger partial charge in [-0.1, -0.05) is 48.5 Å². The van der Waals surface area contributed by atoms with Crippen LogP contribution in [0.5, 0.6) is 0 Å². The summed E-state index contributed by atoms with van der Waals surface area (Å²) in [5.41, 5.74) is 4.77. The molecule has 5 nitrogen and oxygen atoms in total. The van der Waals surface area contributed by atoms with Crippen LogP contribution in [-0.2, 0) is 4.79 Å². The zero-order valence-corrected chi connectivity index (χ0v) is 17.0. The van der Waals surface area contributed by atoms with Crippen LogP contribution in [0.2, 0.25) is 0 Å². The number of hydrogen-bond acceptors (Lipinski definition) is 3. The van der Waals surface area contributed by atoms with E-state index in [0.29, 0.717) is 11.3 Å². The molecule has 0 fully saturated rings. The van der Waals surface area contributed by atoms with Crippen molar-refractivity contribution < 1.29 is 9.59 Å². The largest absolute Gasteiger partial charge is 0.326 e. The highest BCUT2D eigenvalue weighted by atomic mass is 16.1. The molecule has 1 aromatic heterocycles. The number of para-hydroxylation sites is 1. The van der Waals surface area contributed by atoms with E-state index in [1.807, 2.05) is 71.5 Å². The molecule has 0 radical (unpaired) electrons. The maximum atomic E-state index is 12.7. The van der Waals surface area contributed by atoms with Gasteiger partial charge in [0.2, 0.25) is 5.91 Å². The lowest BCUT2D eigenvalue weighted by Gasteiger charge is -2.02. The number of carbonyl (C=O) groups excluding carboxylic acids is 2. The van der Waals surface area contributed by atoms with Gasteiger partial charge in [0, 0.05) is 35.5 Å². The van der Waals surface area contributed by atoms with Gasteiger partial charge in [-0.25, -0.2) is 4.68 Å². The predicted molar refractivity (Wildman–Crippen MR) is 123 cm³/mol. The third-order valence-electron chi connectivity index (χ3n) is 4.71. The highest BCUT2D eigenvalue weighted by Gasteiger charge is 2.11. The number of carbonyl (C=O) groups is 2. The molecule has 0 unspecified atom stereocenters. The summed E-state index contributed by atoms with van der Waals surface area (Å²) in [7, 11) is 0. The van der Waals surface area contributed by atoms with Gasteiger partial charge in [0.15, 0.2) is 5.78 Å². The zero-order chi connectivity index (χ0) is 21.6. The van der Waals surface area contributed by atoms with Gasteiger partial charge in [-0.15, -0.1) is 0 Å². The van der Waals surface area contributed by atoms with Crippen molar-refractivity contribution in [1.29, 1.82) is 0 Å². The van der Waals surface area contributed by atoms with E-state index in [-0.39, 0.29) is 11.7 Å². The average Bonchev–Trinajstić information content (AvgIpc) is 3.23. The number of rotatable bonds is 6. The van der Waals surface area contributed by atoms with Crippen LogP contribution in [-0.4, -0.2) is 21.5 Å². The van der Waals surface area contributed by atoms with Crippen molar-refractivity contribution in [2.24, 2.45) is 0 Å². The summed E-state index contributed by atoms with van der Waals surface area (Å²) in [6.07, 6.45) is 5.26. The van der Waals surface area contributed by atoms with Gasteiger partial charge < -0.3 is 5.32 Å². The van der Waals surface area contributed by atoms with Crippen molar-refractivity contribution in [2.45, 2.75) is 6.92 Å². The Balaban J connectivity index is 1.63. The highest BCUT2D eigenvalue weighted by Crippen LogP contribution is 2.25. The van der Waals surface area contributed by atoms with E-state index in [1.54, 1.807) is 36.4 Å². The first-order chi connectivity index (χ1) is 15.1. The Morgan fingerprint density at radius 2 is 1.52 bits per heavy atom. The predicted octanol–water partition coefficient (Wildman–Crippen LogP) is 5.39. The van der Waals surface area contributed by atoms with Gasteiger partial charge in [-0.3, -0.25) is 9.59 Å². The molecule has 0 aliphatic heterocycles. The first-order valence-corrected chi connectivity index (χ1v) is 9.91. The second-order valence-corrected chi connectivity index (χ2v) is 7.04. The lowest BCUT2D eigenvalue weighted by molar-refractivity contribution is -0.114. The molecule has 0 spiro atoms. The molecule has 3 aromatic carbocycles. The number of aromatic nitrogens is 2. The van der Waals surface area contributed by atoms with Crippen LogP contribution >= 0.6 is 0 Å². The number of allylic oxidation sites excluding steroid dienone is 1. The van der Waals surface area contributed by atoms with E-state index in [2.05, 4.69) is 5.32 Å². The molecule has 1 amide bonds. The number of benzene rings is 3. The van der Waals surface area contributed by atoms with E-state index in [4.69, 9.17) is 5.10 Å². The lowest BCUT2D eigenvalue weighted by atomic mass is 10.1. The smallest absolute Gasteiger partial charge is 0.221 e. The second kappa shape index (κ2) is 9.05. The minimum atomic E-state index is -0.150. The first kappa shape index (κ1) is 20.0. The number of amides is 1. The fourth-order valence-electron chi connectivity index (χ4n) is 3.23. The van der Waals surface area contributed by atoms with E-state index >= 15 is 0 Å². The van der Waals surface area contributed by atoms with E-state index in [9.17, 15) is 9.59 Å². The minimum Gasteiger partial charge on any atom is -0.326 e. The van der Waals surface area contributed by atoms with Crippen molar-refractivity contribution in [3.8, 4) is 16.9 Å². The maximum Gasteiger partial charge on any atom is 0.221 e. The van der Waals surface area contributed by atoms with Crippen LogP contribution in [0, 0.1) is 0 Å². The third-order valence-corrected chi connectivity index (χ3v) is 4.71. The van der Waals surface area contributed by atoms with Crippen molar-refractivity contribution in [2.75, 3.05) is 5.32 Å². The molecular formula is C26H21N3O2. The summed E-state index contributed by atoms with van der Waals surface area (Å²) in [6.45, 7) is 1.45. The molecule has 4 aromatic rings. The SMILES string of the molecule is CC(=O)Nc1ccc(C(=O)/C=C/c2cn(-c3ccccc3)nc2-c2ccccc2)cc1. The van der Waals surface area contributed by atoms with E-state index in [0.717, 1.165) is 22.5 Å². The Labute approximate surface area is 180 Å². The Bertz CT molecular complexity index is 1220. The molecule has 5 heteroatoms. The second-order valence-electron chi connectivity index (χ2n) is 7.04. The average molecular weight is 407 g/mol. The molecule has 4 rings (SSSR count). The zero-order valence-electron chi connectivity index (χ0n) is 17.0. The number of nitrogens with zero attached hydrogens (tertiary/aromatic N) is 2. The summed E-state index contributed by atoms with van der Waals surface area (Å²) in [5.74, 6) is -0.274. The maximum absolute atomic E-state index is 12.7. The fourth-order valence-corrected chi connectivity index (χ4v) is 3.23. The Kier molecular flexibility index (Phi) is 5.85. The fraction of sp³-hybridized carbons (Fsp3) is 0.0385. The quantitative estimate of drug-likeness (QED) is 0.344. The normalized spacial score (nSPS) is 10.9. The molecule has 31 heavy (non-hydrogen) atoms. The van der Waals surface area contributed by atoms with Gasteiger partial charge in [-0.2, -0.15) is 5.10 Å². The topological polar surface area (TPSA) is 64.0 Å². The Morgan fingerprint density at radius 1 is 0.871 bits per heavy atom. The molecule has 152 valence electrons. The molecule has 0 bridgehead atoms. The molecule has 0 saturated heterocycles. The van der Waals surface area contributed by atoms with Crippen molar-refractivity contribution in [3.63, 3.8) is 0 Å². The van der Waals surface area contributed by atoms with Crippen LogP contribution in [0.25, 0.3) is 23.0 Å². The van der Waals surface area contributed by atoms with Gasteiger partial charge >= 0.3 is 0 Å². The van der Waals surface area contributed by atoms with Crippen LogP contribution in [0.3, 0.4) is 0 Å². The summed E-state index contributed by atoms with van der Waals surface area (Å²) in [5, 5.41) is 7.45. The van der Waals surface area contributed by atoms with Crippen LogP contribution in [0.4, 0.5) is 5.69 Å².